The lowest BCUT2D eigenvalue weighted by Gasteiger charge is -2.18. The number of halogens is 1. The first-order chi connectivity index (χ1) is 9.92. The summed E-state index contributed by atoms with van der Waals surface area (Å²) in [7, 11) is 0. The summed E-state index contributed by atoms with van der Waals surface area (Å²) in [6, 6.07) is 6.85. The van der Waals surface area contributed by atoms with Crippen LogP contribution >= 0.6 is 0 Å². The van der Waals surface area contributed by atoms with Gasteiger partial charge in [-0.15, -0.1) is 5.10 Å². The first kappa shape index (κ1) is 15.4. The smallest absolute Gasteiger partial charge is 0.315 e. The van der Waals surface area contributed by atoms with E-state index in [2.05, 4.69) is 41.6 Å². The van der Waals surface area contributed by atoms with Crippen LogP contribution in [0.1, 0.15) is 32.2 Å². The molecule has 0 spiro atoms. The molecule has 0 saturated heterocycles. The Morgan fingerprint density at radius 3 is 2.52 bits per heavy atom. The summed E-state index contributed by atoms with van der Waals surface area (Å²) in [5.41, 5.74) is 1.06. The van der Waals surface area contributed by atoms with Gasteiger partial charge in [0.25, 0.3) is 0 Å². The summed E-state index contributed by atoms with van der Waals surface area (Å²) < 4.78 is 18.3. The second kappa shape index (κ2) is 6.67. The van der Waals surface area contributed by atoms with Crippen molar-refractivity contribution in [1.29, 1.82) is 0 Å². The molecule has 2 N–H and O–H groups in total. The summed E-state index contributed by atoms with van der Waals surface area (Å²) in [5.74, 6) is 0.328. The zero-order valence-corrected chi connectivity index (χ0v) is 12.6. The van der Waals surface area contributed by atoms with Gasteiger partial charge in [-0.3, -0.25) is 0 Å². The van der Waals surface area contributed by atoms with Crippen LogP contribution in [-0.2, 0) is 13.0 Å². The highest BCUT2D eigenvalue weighted by molar-refractivity contribution is 5.21. The molecule has 0 saturated carbocycles. The van der Waals surface area contributed by atoms with Gasteiger partial charge in [-0.2, -0.15) is 0 Å². The van der Waals surface area contributed by atoms with Gasteiger partial charge in [-0.25, -0.2) is 4.39 Å². The van der Waals surface area contributed by atoms with Crippen LogP contribution in [0.3, 0.4) is 0 Å². The summed E-state index contributed by atoms with van der Waals surface area (Å²) in [4.78, 5) is 0. The van der Waals surface area contributed by atoms with Crippen molar-refractivity contribution in [3.8, 4) is 0 Å². The summed E-state index contributed by atoms with van der Waals surface area (Å²) in [5, 5.41) is 14.2. The molecule has 0 fully saturated rings. The van der Waals surface area contributed by atoms with Gasteiger partial charge in [0.05, 0.1) is 6.54 Å². The maximum absolute atomic E-state index is 12.8. The number of aromatic nitrogens is 2. The Labute approximate surface area is 124 Å². The molecule has 1 aromatic heterocycles. The second-order valence-electron chi connectivity index (χ2n) is 5.91. The van der Waals surface area contributed by atoms with Crippen LogP contribution in [0.5, 0.6) is 0 Å². The molecule has 0 amide bonds. The Morgan fingerprint density at radius 1 is 1.14 bits per heavy atom. The standard InChI is InChI=1S/C15H21FN4O/c1-15(2,3)18-10-13-19-20-14(21-13)17-9-8-11-4-6-12(16)7-5-11/h4-7,18H,8-10H2,1-3H3,(H,17,20). The van der Waals surface area contributed by atoms with E-state index in [4.69, 9.17) is 4.42 Å². The van der Waals surface area contributed by atoms with Gasteiger partial charge < -0.3 is 15.1 Å². The third-order valence-corrected chi connectivity index (χ3v) is 2.84. The number of nitrogens with zero attached hydrogens (tertiary/aromatic N) is 2. The van der Waals surface area contributed by atoms with Crippen molar-refractivity contribution in [2.45, 2.75) is 39.3 Å². The van der Waals surface area contributed by atoms with Crippen LogP contribution in [-0.4, -0.2) is 22.3 Å². The van der Waals surface area contributed by atoms with E-state index >= 15 is 0 Å². The molecule has 0 aliphatic rings. The monoisotopic (exact) mass is 292 g/mol. The van der Waals surface area contributed by atoms with E-state index in [-0.39, 0.29) is 11.4 Å². The van der Waals surface area contributed by atoms with Crippen LogP contribution in [0.25, 0.3) is 0 Å². The van der Waals surface area contributed by atoms with Crippen molar-refractivity contribution >= 4 is 6.01 Å². The van der Waals surface area contributed by atoms with Crippen molar-refractivity contribution < 1.29 is 8.81 Å². The Balaban J connectivity index is 1.76. The molecule has 21 heavy (non-hydrogen) atoms. The molecule has 0 atom stereocenters. The number of rotatable bonds is 6. The normalized spacial score (nSPS) is 11.6. The topological polar surface area (TPSA) is 63.0 Å². The van der Waals surface area contributed by atoms with E-state index in [1.807, 2.05) is 0 Å². The zero-order chi connectivity index (χ0) is 15.3. The summed E-state index contributed by atoms with van der Waals surface area (Å²) in [6.07, 6.45) is 0.762. The molecule has 0 unspecified atom stereocenters. The fourth-order valence-electron chi connectivity index (χ4n) is 1.70. The maximum atomic E-state index is 12.8. The van der Waals surface area contributed by atoms with Gasteiger partial charge in [-0.05, 0) is 44.9 Å². The molecule has 5 nitrogen and oxygen atoms in total. The molecule has 114 valence electrons. The molecule has 0 aliphatic heterocycles. The predicted octanol–water partition coefficient (Wildman–Crippen LogP) is 2.75. The van der Waals surface area contributed by atoms with E-state index in [0.717, 1.165) is 12.0 Å². The lowest BCUT2D eigenvalue weighted by molar-refractivity contribution is 0.383. The Morgan fingerprint density at radius 2 is 1.86 bits per heavy atom. The van der Waals surface area contributed by atoms with Crippen molar-refractivity contribution in [2.75, 3.05) is 11.9 Å². The van der Waals surface area contributed by atoms with E-state index in [0.29, 0.717) is 25.0 Å². The molecule has 1 aromatic carbocycles. The largest absolute Gasteiger partial charge is 0.407 e. The lowest BCUT2D eigenvalue weighted by Crippen LogP contribution is -2.35. The highest BCUT2D eigenvalue weighted by atomic mass is 19.1. The molecule has 2 rings (SSSR count). The van der Waals surface area contributed by atoms with E-state index in [1.54, 1.807) is 12.1 Å². The van der Waals surface area contributed by atoms with Crippen LogP contribution in [0.4, 0.5) is 10.4 Å². The highest BCUT2D eigenvalue weighted by Gasteiger charge is 2.11. The molecule has 1 heterocycles. The van der Waals surface area contributed by atoms with Gasteiger partial charge in [-0.1, -0.05) is 17.2 Å². The fourth-order valence-corrected chi connectivity index (χ4v) is 1.70. The van der Waals surface area contributed by atoms with Gasteiger partial charge in [0.1, 0.15) is 5.82 Å². The van der Waals surface area contributed by atoms with Crippen molar-refractivity contribution in [3.05, 3.63) is 41.5 Å². The number of anilines is 1. The van der Waals surface area contributed by atoms with Gasteiger partial charge >= 0.3 is 6.01 Å². The quantitative estimate of drug-likeness (QED) is 0.857. The molecule has 2 aromatic rings. The Kier molecular flexibility index (Phi) is 4.90. The highest BCUT2D eigenvalue weighted by Crippen LogP contribution is 2.08. The van der Waals surface area contributed by atoms with E-state index < -0.39 is 0 Å². The Hall–Kier alpha value is -1.95. The number of hydrogen-bond donors (Lipinski definition) is 2. The number of nitrogens with one attached hydrogen (secondary N) is 2. The van der Waals surface area contributed by atoms with Crippen LogP contribution in [0, 0.1) is 5.82 Å². The van der Waals surface area contributed by atoms with Crippen molar-refractivity contribution in [2.24, 2.45) is 0 Å². The van der Waals surface area contributed by atoms with Crippen LogP contribution in [0.2, 0.25) is 0 Å². The molecule has 0 radical (unpaired) electrons. The second-order valence-corrected chi connectivity index (χ2v) is 5.91. The average molecular weight is 292 g/mol. The van der Waals surface area contributed by atoms with Gasteiger partial charge in [0, 0.05) is 12.1 Å². The average Bonchev–Trinajstić information content (AvgIpc) is 2.86. The molecular weight excluding hydrogens is 271 g/mol. The Bertz CT molecular complexity index is 560. The predicted molar refractivity (Wildman–Crippen MR) is 79.5 cm³/mol. The third-order valence-electron chi connectivity index (χ3n) is 2.84. The van der Waals surface area contributed by atoms with Crippen LogP contribution < -0.4 is 10.6 Å². The first-order valence-electron chi connectivity index (χ1n) is 6.98. The summed E-state index contributed by atoms with van der Waals surface area (Å²) >= 11 is 0. The molecular formula is C15H21FN4O. The molecule has 6 heteroatoms. The number of benzene rings is 1. The third kappa shape index (κ3) is 5.51. The fraction of sp³-hybridized carbons (Fsp3) is 0.467. The minimum absolute atomic E-state index is 0.00461. The van der Waals surface area contributed by atoms with E-state index in [9.17, 15) is 4.39 Å². The van der Waals surface area contributed by atoms with Gasteiger partial charge in [0.2, 0.25) is 5.89 Å². The van der Waals surface area contributed by atoms with Crippen LogP contribution in [0.15, 0.2) is 28.7 Å². The maximum Gasteiger partial charge on any atom is 0.315 e. The summed E-state index contributed by atoms with van der Waals surface area (Å²) in [6.45, 7) is 7.41. The first-order valence-corrected chi connectivity index (χ1v) is 6.98. The molecule has 0 bridgehead atoms. The molecule has 0 aliphatic carbocycles. The minimum Gasteiger partial charge on any atom is -0.407 e. The lowest BCUT2D eigenvalue weighted by atomic mass is 10.1. The zero-order valence-electron chi connectivity index (χ0n) is 12.6. The SMILES string of the molecule is CC(C)(C)NCc1nnc(NCCc2ccc(F)cc2)o1. The van der Waals surface area contributed by atoms with E-state index in [1.165, 1.54) is 12.1 Å². The number of hydrogen-bond acceptors (Lipinski definition) is 5. The van der Waals surface area contributed by atoms with Gasteiger partial charge in [0.15, 0.2) is 0 Å². The van der Waals surface area contributed by atoms with Crippen molar-refractivity contribution in [1.82, 2.24) is 15.5 Å². The minimum atomic E-state index is -0.223. The van der Waals surface area contributed by atoms with Crippen molar-refractivity contribution in [3.63, 3.8) is 0 Å².